The van der Waals surface area contributed by atoms with Crippen LogP contribution < -0.4 is 0 Å². The lowest BCUT2D eigenvalue weighted by molar-refractivity contribution is 1.07. The number of hydrogen-bond acceptors (Lipinski definition) is 3. The number of benzene rings is 9. The third kappa shape index (κ3) is 5.26. The van der Waals surface area contributed by atoms with Crippen molar-refractivity contribution in [2.75, 3.05) is 0 Å². The number of aromatic nitrogens is 4. The van der Waals surface area contributed by atoms with Crippen LogP contribution in [0, 0.1) is 0 Å². The molecule has 2 aromatic heterocycles. The summed E-state index contributed by atoms with van der Waals surface area (Å²) in [4.78, 5) is 18.5. The van der Waals surface area contributed by atoms with Crippen LogP contribution >= 0.6 is 0 Å². The van der Waals surface area contributed by atoms with Crippen molar-refractivity contribution < 1.29 is 0 Å². The van der Waals surface area contributed by atoms with Crippen LogP contribution in [0.2, 0.25) is 0 Å². The summed E-state index contributed by atoms with van der Waals surface area (Å²) < 4.78 is 0. The minimum absolute atomic E-state index is 0.645. The monoisotopic (exact) mass is 700 g/mol. The van der Waals surface area contributed by atoms with Gasteiger partial charge in [0.05, 0.1) is 0 Å². The van der Waals surface area contributed by atoms with Crippen LogP contribution in [-0.4, -0.2) is 19.9 Å². The van der Waals surface area contributed by atoms with Gasteiger partial charge in [-0.3, -0.25) is 0 Å². The minimum Gasteiger partial charge on any atom is -0.354 e. The van der Waals surface area contributed by atoms with Gasteiger partial charge >= 0.3 is 0 Å². The summed E-state index contributed by atoms with van der Waals surface area (Å²) in [5.41, 5.74) is 9.92. The molecule has 0 amide bonds. The van der Waals surface area contributed by atoms with E-state index >= 15 is 0 Å². The number of aromatic amines is 1. The lowest BCUT2D eigenvalue weighted by atomic mass is 9.87. The lowest BCUT2D eigenvalue weighted by Crippen LogP contribution is -2.00. The standard InChI is InChI=1S/C51H32N4/c1-3-13-33(14-4-1)49-53-50(34-15-5-2-6-16-34)55-51(54-49)35-25-23-32(24-26-35)43-30-45-40-20-10-8-18-38(40)44(31-46(45)39-19-9-7-17-37(39)43)36-27-28-42-41-21-11-12-22-47(41)52-48(42)29-36/h1-31,52H. The van der Waals surface area contributed by atoms with Gasteiger partial charge in [0.1, 0.15) is 0 Å². The Morgan fingerprint density at radius 2 is 0.655 bits per heavy atom. The molecule has 2 heterocycles. The van der Waals surface area contributed by atoms with Crippen molar-refractivity contribution in [3.05, 3.63) is 188 Å². The van der Waals surface area contributed by atoms with Gasteiger partial charge in [0.25, 0.3) is 0 Å². The highest BCUT2D eigenvalue weighted by Gasteiger charge is 2.17. The van der Waals surface area contributed by atoms with Crippen LogP contribution in [0.4, 0.5) is 0 Å². The predicted octanol–water partition coefficient (Wildman–Crippen LogP) is 13.3. The Bertz CT molecular complexity index is 3180. The Balaban J connectivity index is 1.06. The normalized spacial score (nSPS) is 11.6. The zero-order valence-electron chi connectivity index (χ0n) is 29.7. The summed E-state index contributed by atoms with van der Waals surface area (Å²) in [6, 6.07) is 66.6. The van der Waals surface area contributed by atoms with Crippen LogP contribution in [0.5, 0.6) is 0 Å². The molecule has 4 nitrogen and oxygen atoms in total. The average Bonchev–Trinajstić information content (AvgIpc) is 3.64. The number of fused-ring (bicyclic) bond motifs is 8. The first-order chi connectivity index (χ1) is 27.2. The van der Waals surface area contributed by atoms with Crippen LogP contribution in [0.25, 0.3) is 111 Å². The van der Waals surface area contributed by atoms with E-state index in [4.69, 9.17) is 15.0 Å². The molecule has 1 N–H and O–H groups in total. The summed E-state index contributed by atoms with van der Waals surface area (Å²) in [6.07, 6.45) is 0. The zero-order chi connectivity index (χ0) is 36.3. The Morgan fingerprint density at radius 3 is 1.22 bits per heavy atom. The number of para-hydroxylation sites is 1. The summed E-state index contributed by atoms with van der Waals surface area (Å²) >= 11 is 0. The Labute approximate surface area is 317 Å². The predicted molar refractivity (Wildman–Crippen MR) is 229 cm³/mol. The van der Waals surface area contributed by atoms with Gasteiger partial charge in [0.2, 0.25) is 0 Å². The molecule has 0 atom stereocenters. The molecule has 0 spiro atoms. The van der Waals surface area contributed by atoms with Crippen LogP contribution in [0.15, 0.2) is 188 Å². The second-order valence-electron chi connectivity index (χ2n) is 14.1. The molecule has 0 bridgehead atoms. The van der Waals surface area contributed by atoms with E-state index in [1.165, 1.54) is 59.8 Å². The number of nitrogens with one attached hydrogen (secondary N) is 1. The van der Waals surface area contributed by atoms with Gasteiger partial charge in [0.15, 0.2) is 17.5 Å². The number of rotatable bonds is 5. The molecule has 256 valence electrons. The molecule has 0 radical (unpaired) electrons. The van der Waals surface area contributed by atoms with Gasteiger partial charge in [-0.15, -0.1) is 0 Å². The number of hydrogen-bond donors (Lipinski definition) is 1. The second-order valence-corrected chi connectivity index (χ2v) is 14.1. The van der Waals surface area contributed by atoms with E-state index < -0.39 is 0 Å². The van der Waals surface area contributed by atoms with Crippen LogP contribution in [-0.2, 0) is 0 Å². The second kappa shape index (κ2) is 12.6. The first kappa shape index (κ1) is 31.1. The molecule has 11 aromatic rings. The van der Waals surface area contributed by atoms with E-state index in [2.05, 4.69) is 132 Å². The molecule has 9 aromatic carbocycles. The lowest BCUT2D eigenvalue weighted by Gasteiger charge is -2.16. The highest BCUT2D eigenvalue weighted by molar-refractivity contribution is 6.24. The van der Waals surface area contributed by atoms with E-state index in [0.717, 1.165) is 33.3 Å². The molecule has 11 rings (SSSR count). The smallest absolute Gasteiger partial charge is 0.164 e. The zero-order valence-corrected chi connectivity index (χ0v) is 29.7. The van der Waals surface area contributed by atoms with E-state index in [1.807, 2.05) is 60.7 Å². The highest BCUT2D eigenvalue weighted by Crippen LogP contribution is 2.43. The quantitative estimate of drug-likeness (QED) is 0.182. The fraction of sp³-hybridized carbons (Fsp3) is 0. The first-order valence-electron chi connectivity index (χ1n) is 18.6. The average molecular weight is 701 g/mol. The van der Waals surface area contributed by atoms with Crippen molar-refractivity contribution >= 4 is 54.1 Å². The largest absolute Gasteiger partial charge is 0.354 e. The van der Waals surface area contributed by atoms with Crippen molar-refractivity contribution in [1.29, 1.82) is 0 Å². The maximum absolute atomic E-state index is 4.96. The van der Waals surface area contributed by atoms with Gasteiger partial charge in [-0.05, 0) is 78.8 Å². The molecule has 0 unspecified atom stereocenters. The number of nitrogens with zero attached hydrogens (tertiary/aromatic N) is 3. The van der Waals surface area contributed by atoms with Gasteiger partial charge in [0, 0.05) is 38.5 Å². The fourth-order valence-corrected chi connectivity index (χ4v) is 8.19. The molecule has 0 aliphatic carbocycles. The molecule has 0 aliphatic rings. The molecule has 0 fully saturated rings. The van der Waals surface area contributed by atoms with Crippen molar-refractivity contribution in [3.8, 4) is 56.4 Å². The Hall–Kier alpha value is -7.43. The van der Waals surface area contributed by atoms with Crippen molar-refractivity contribution in [2.45, 2.75) is 0 Å². The minimum atomic E-state index is 0.645. The summed E-state index contributed by atoms with van der Waals surface area (Å²) in [7, 11) is 0. The fourth-order valence-electron chi connectivity index (χ4n) is 8.19. The molecule has 4 heteroatoms. The van der Waals surface area contributed by atoms with E-state index in [-0.39, 0.29) is 0 Å². The Morgan fingerprint density at radius 1 is 0.255 bits per heavy atom. The summed E-state index contributed by atoms with van der Waals surface area (Å²) in [5.74, 6) is 1.95. The SMILES string of the molecule is c1ccc(-c2nc(-c3ccccc3)nc(-c3ccc(-c4cc5c6ccccc6c(-c6ccc7c(c6)[nH]c6ccccc67)cc5c5ccccc45)cc3)n2)cc1. The first-order valence-corrected chi connectivity index (χ1v) is 18.6. The molecule has 0 saturated carbocycles. The van der Waals surface area contributed by atoms with E-state index in [0.29, 0.717) is 17.5 Å². The van der Waals surface area contributed by atoms with E-state index in [9.17, 15) is 0 Å². The van der Waals surface area contributed by atoms with Crippen molar-refractivity contribution in [1.82, 2.24) is 19.9 Å². The maximum Gasteiger partial charge on any atom is 0.164 e. The molecule has 0 aliphatic heterocycles. The molecule has 0 saturated heterocycles. The van der Waals surface area contributed by atoms with Crippen LogP contribution in [0.1, 0.15) is 0 Å². The number of H-pyrrole nitrogens is 1. The van der Waals surface area contributed by atoms with Gasteiger partial charge in [-0.1, -0.05) is 164 Å². The highest BCUT2D eigenvalue weighted by atomic mass is 15.0. The van der Waals surface area contributed by atoms with Crippen molar-refractivity contribution in [2.24, 2.45) is 0 Å². The van der Waals surface area contributed by atoms with Gasteiger partial charge in [-0.2, -0.15) is 0 Å². The third-order valence-electron chi connectivity index (χ3n) is 10.9. The molecular weight excluding hydrogens is 669 g/mol. The summed E-state index contributed by atoms with van der Waals surface area (Å²) in [6.45, 7) is 0. The van der Waals surface area contributed by atoms with E-state index in [1.54, 1.807) is 0 Å². The van der Waals surface area contributed by atoms with Gasteiger partial charge in [-0.25, -0.2) is 15.0 Å². The maximum atomic E-state index is 4.96. The topological polar surface area (TPSA) is 54.5 Å². The molecular formula is C51H32N4. The van der Waals surface area contributed by atoms with Crippen molar-refractivity contribution in [3.63, 3.8) is 0 Å². The van der Waals surface area contributed by atoms with Crippen LogP contribution in [0.3, 0.4) is 0 Å². The summed E-state index contributed by atoms with van der Waals surface area (Å²) in [5, 5.41) is 9.90. The van der Waals surface area contributed by atoms with Gasteiger partial charge < -0.3 is 4.98 Å². The molecule has 55 heavy (non-hydrogen) atoms. The Kier molecular flexibility index (Phi) is 7.14. The third-order valence-corrected chi connectivity index (χ3v) is 10.9.